The lowest BCUT2D eigenvalue weighted by Gasteiger charge is -2.29. The third-order valence-corrected chi connectivity index (χ3v) is 3.13. The SMILES string of the molecule is CCCCN1C(=O)N[C@@](Nc2ncccn2)(C(F)(F)F)C1=O. The molecule has 3 amide bonds. The first-order valence-electron chi connectivity index (χ1n) is 6.58. The highest BCUT2D eigenvalue weighted by atomic mass is 19.4. The van der Waals surface area contributed by atoms with Crippen molar-refractivity contribution in [3.63, 3.8) is 0 Å². The van der Waals surface area contributed by atoms with Crippen molar-refractivity contribution in [1.29, 1.82) is 0 Å². The molecule has 0 spiro atoms. The highest BCUT2D eigenvalue weighted by Gasteiger charge is 2.68. The van der Waals surface area contributed by atoms with Gasteiger partial charge in [0.25, 0.3) is 11.6 Å². The number of anilines is 1. The summed E-state index contributed by atoms with van der Waals surface area (Å²) in [5, 5.41) is 3.60. The molecule has 0 unspecified atom stereocenters. The average Bonchev–Trinajstić information content (AvgIpc) is 2.70. The number of halogens is 3. The molecule has 1 fully saturated rings. The molecule has 7 nitrogen and oxygen atoms in total. The highest BCUT2D eigenvalue weighted by Crippen LogP contribution is 2.35. The van der Waals surface area contributed by atoms with Gasteiger partial charge in [-0.05, 0) is 12.5 Å². The number of urea groups is 1. The Morgan fingerprint density at radius 3 is 2.50 bits per heavy atom. The minimum atomic E-state index is -5.06. The zero-order valence-electron chi connectivity index (χ0n) is 11.6. The van der Waals surface area contributed by atoms with Crippen LogP contribution in [-0.4, -0.2) is 45.2 Å². The molecular weight excluding hydrogens is 303 g/mol. The molecule has 22 heavy (non-hydrogen) atoms. The van der Waals surface area contributed by atoms with Crippen molar-refractivity contribution < 1.29 is 22.8 Å². The van der Waals surface area contributed by atoms with Crippen LogP contribution in [0, 0.1) is 0 Å². The largest absolute Gasteiger partial charge is 0.440 e. The van der Waals surface area contributed by atoms with Gasteiger partial charge in [-0.3, -0.25) is 15.0 Å². The summed E-state index contributed by atoms with van der Waals surface area (Å²) < 4.78 is 40.3. The lowest BCUT2D eigenvalue weighted by molar-refractivity contribution is -0.188. The number of amides is 3. The first-order valence-corrected chi connectivity index (χ1v) is 6.58. The van der Waals surface area contributed by atoms with Gasteiger partial charge in [-0.25, -0.2) is 14.8 Å². The van der Waals surface area contributed by atoms with E-state index in [1.165, 1.54) is 18.5 Å². The summed E-state index contributed by atoms with van der Waals surface area (Å²) >= 11 is 0. The summed E-state index contributed by atoms with van der Waals surface area (Å²) in [5.41, 5.74) is -3.25. The van der Waals surface area contributed by atoms with E-state index in [0.717, 1.165) is 0 Å². The van der Waals surface area contributed by atoms with E-state index in [0.29, 0.717) is 17.7 Å². The van der Waals surface area contributed by atoms with Gasteiger partial charge in [0.05, 0.1) is 0 Å². The highest BCUT2D eigenvalue weighted by molar-refractivity contribution is 6.08. The second-order valence-corrected chi connectivity index (χ2v) is 4.69. The van der Waals surface area contributed by atoms with Gasteiger partial charge >= 0.3 is 12.2 Å². The third-order valence-electron chi connectivity index (χ3n) is 3.13. The number of hydrogen-bond acceptors (Lipinski definition) is 5. The van der Waals surface area contributed by atoms with Gasteiger partial charge < -0.3 is 5.32 Å². The number of unbranched alkanes of at least 4 members (excludes halogenated alkanes) is 1. The van der Waals surface area contributed by atoms with Gasteiger partial charge in [-0.15, -0.1) is 0 Å². The quantitative estimate of drug-likeness (QED) is 0.804. The Bertz CT molecular complexity index is 566. The topological polar surface area (TPSA) is 87.2 Å². The van der Waals surface area contributed by atoms with E-state index in [2.05, 4.69) is 9.97 Å². The molecular formula is C12H14F3N5O2. The summed E-state index contributed by atoms with van der Waals surface area (Å²) in [6, 6.07) is 0.313. The molecule has 2 heterocycles. The fourth-order valence-electron chi connectivity index (χ4n) is 1.97. The fourth-order valence-corrected chi connectivity index (χ4v) is 1.97. The number of nitrogens with zero attached hydrogens (tertiary/aromatic N) is 3. The van der Waals surface area contributed by atoms with Crippen molar-refractivity contribution in [2.45, 2.75) is 31.6 Å². The monoisotopic (exact) mass is 317 g/mol. The Morgan fingerprint density at radius 2 is 1.95 bits per heavy atom. The van der Waals surface area contributed by atoms with Crippen molar-refractivity contribution in [2.75, 3.05) is 11.9 Å². The molecule has 2 rings (SSSR count). The molecule has 2 N–H and O–H groups in total. The molecule has 120 valence electrons. The van der Waals surface area contributed by atoms with E-state index in [1.807, 2.05) is 5.32 Å². The van der Waals surface area contributed by atoms with Crippen LogP contribution in [0.25, 0.3) is 0 Å². The molecule has 1 aromatic heterocycles. The van der Waals surface area contributed by atoms with Gasteiger partial charge in [-0.1, -0.05) is 13.3 Å². The second kappa shape index (κ2) is 5.78. The molecule has 0 aromatic carbocycles. The molecule has 10 heteroatoms. The zero-order valence-corrected chi connectivity index (χ0v) is 11.6. The molecule has 1 aromatic rings. The first kappa shape index (κ1) is 16.0. The van der Waals surface area contributed by atoms with Gasteiger partial charge in [0, 0.05) is 18.9 Å². The van der Waals surface area contributed by atoms with Crippen molar-refractivity contribution >= 4 is 17.9 Å². The van der Waals surface area contributed by atoms with Crippen molar-refractivity contribution in [2.24, 2.45) is 0 Å². The lowest BCUT2D eigenvalue weighted by Crippen LogP contribution is -2.64. The van der Waals surface area contributed by atoms with E-state index in [-0.39, 0.29) is 6.54 Å². The number of nitrogens with one attached hydrogen (secondary N) is 2. The Hall–Kier alpha value is -2.39. The molecule has 0 aliphatic carbocycles. The minimum absolute atomic E-state index is 0.0870. The van der Waals surface area contributed by atoms with Gasteiger partial charge in [-0.2, -0.15) is 13.2 Å². The van der Waals surface area contributed by atoms with Crippen LogP contribution >= 0.6 is 0 Å². The van der Waals surface area contributed by atoms with Crippen LogP contribution in [0.4, 0.5) is 23.9 Å². The third kappa shape index (κ3) is 2.68. The molecule has 0 bridgehead atoms. The summed E-state index contributed by atoms with van der Waals surface area (Å²) in [5.74, 6) is -1.82. The van der Waals surface area contributed by atoms with Crippen molar-refractivity contribution in [1.82, 2.24) is 20.2 Å². The summed E-state index contributed by atoms with van der Waals surface area (Å²) in [6.45, 7) is 1.71. The predicted octanol–water partition coefficient (Wildman–Crippen LogP) is 1.50. The average molecular weight is 317 g/mol. The first-order chi connectivity index (χ1) is 10.3. The Kier molecular flexibility index (Phi) is 4.20. The molecule has 1 saturated heterocycles. The number of imide groups is 1. The number of alkyl halides is 3. The number of aromatic nitrogens is 2. The number of hydrogen-bond donors (Lipinski definition) is 2. The van der Waals surface area contributed by atoms with E-state index in [1.54, 1.807) is 12.2 Å². The number of rotatable bonds is 5. The predicted molar refractivity (Wildman–Crippen MR) is 69.6 cm³/mol. The maximum absolute atomic E-state index is 13.4. The number of carbonyl (C=O) groups is 2. The molecule has 0 saturated carbocycles. The lowest BCUT2D eigenvalue weighted by atomic mass is 10.1. The van der Waals surface area contributed by atoms with Gasteiger partial charge in [0.2, 0.25) is 5.95 Å². The van der Waals surface area contributed by atoms with Crippen LogP contribution in [0.5, 0.6) is 0 Å². The van der Waals surface area contributed by atoms with E-state index >= 15 is 0 Å². The molecule has 1 aliphatic heterocycles. The summed E-state index contributed by atoms with van der Waals surface area (Å²) in [6.07, 6.45) is -1.58. The summed E-state index contributed by atoms with van der Waals surface area (Å²) in [7, 11) is 0. The van der Waals surface area contributed by atoms with Crippen LogP contribution < -0.4 is 10.6 Å². The molecule has 0 radical (unpaired) electrons. The van der Waals surface area contributed by atoms with Crippen LogP contribution in [0.3, 0.4) is 0 Å². The Balaban J connectivity index is 2.35. The maximum atomic E-state index is 13.4. The van der Waals surface area contributed by atoms with Crippen LogP contribution in [0.2, 0.25) is 0 Å². The molecule has 1 atom stereocenters. The van der Waals surface area contributed by atoms with Crippen molar-refractivity contribution in [3.8, 4) is 0 Å². The van der Waals surface area contributed by atoms with Gasteiger partial charge in [0.1, 0.15) is 0 Å². The maximum Gasteiger partial charge on any atom is 0.440 e. The number of carbonyl (C=O) groups excluding carboxylic acids is 2. The van der Waals surface area contributed by atoms with E-state index < -0.39 is 29.7 Å². The van der Waals surface area contributed by atoms with Crippen LogP contribution in [-0.2, 0) is 4.79 Å². The second-order valence-electron chi connectivity index (χ2n) is 4.69. The standard InChI is InChI=1S/C12H14F3N5O2/c1-2-3-7-20-8(21)11(12(13,14)15,19-10(20)22)18-9-16-5-4-6-17-9/h4-6H,2-3,7H2,1H3,(H,19,22)(H,16,17,18)/t11-/m1/s1. The Labute approximate surface area is 123 Å². The normalized spacial score (nSPS) is 21.9. The van der Waals surface area contributed by atoms with E-state index in [9.17, 15) is 22.8 Å². The minimum Gasteiger partial charge on any atom is -0.316 e. The smallest absolute Gasteiger partial charge is 0.316 e. The van der Waals surface area contributed by atoms with Crippen molar-refractivity contribution in [3.05, 3.63) is 18.5 Å². The van der Waals surface area contributed by atoms with Gasteiger partial charge in [0.15, 0.2) is 0 Å². The summed E-state index contributed by atoms with van der Waals surface area (Å²) in [4.78, 5) is 31.7. The fraction of sp³-hybridized carbons (Fsp3) is 0.500. The van der Waals surface area contributed by atoms with Crippen LogP contribution in [0.1, 0.15) is 19.8 Å². The van der Waals surface area contributed by atoms with E-state index in [4.69, 9.17) is 0 Å². The molecule has 1 aliphatic rings. The Morgan fingerprint density at radius 1 is 1.32 bits per heavy atom. The zero-order chi connectivity index (χ0) is 16.4. The van der Waals surface area contributed by atoms with Crippen LogP contribution in [0.15, 0.2) is 18.5 Å².